The SMILES string of the molecule is CN(C)C(=O)CCN(N)/C=C(\N)C(=O)NCc1nnc(-c2ccccc2)s1. The van der Waals surface area contributed by atoms with Gasteiger partial charge in [-0.25, -0.2) is 5.84 Å². The summed E-state index contributed by atoms with van der Waals surface area (Å²) in [5.74, 6) is 5.21. The Morgan fingerprint density at radius 1 is 1.22 bits per heavy atom. The Labute approximate surface area is 161 Å². The molecule has 0 aliphatic carbocycles. The highest BCUT2D eigenvalue weighted by Gasteiger charge is 2.11. The Kier molecular flexibility index (Phi) is 7.26. The molecule has 0 saturated carbocycles. The van der Waals surface area contributed by atoms with E-state index in [1.54, 1.807) is 14.1 Å². The number of nitrogens with zero attached hydrogens (tertiary/aromatic N) is 4. The molecular formula is C17H23N7O2S. The Morgan fingerprint density at radius 3 is 2.59 bits per heavy atom. The molecule has 0 aliphatic rings. The number of aromatic nitrogens is 2. The van der Waals surface area contributed by atoms with Crippen LogP contribution in [-0.4, -0.2) is 52.6 Å². The largest absolute Gasteiger partial charge is 0.393 e. The fourth-order valence-corrected chi connectivity index (χ4v) is 2.82. The third-order valence-corrected chi connectivity index (χ3v) is 4.51. The molecule has 144 valence electrons. The van der Waals surface area contributed by atoms with Crippen molar-refractivity contribution in [2.24, 2.45) is 11.6 Å². The monoisotopic (exact) mass is 389 g/mol. The number of nitrogens with one attached hydrogen (secondary N) is 1. The van der Waals surface area contributed by atoms with Crippen molar-refractivity contribution in [3.8, 4) is 10.6 Å². The van der Waals surface area contributed by atoms with Crippen LogP contribution in [0.15, 0.2) is 42.2 Å². The smallest absolute Gasteiger partial charge is 0.269 e. The summed E-state index contributed by atoms with van der Waals surface area (Å²) in [7, 11) is 3.33. The highest BCUT2D eigenvalue weighted by molar-refractivity contribution is 7.14. The lowest BCUT2D eigenvalue weighted by Gasteiger charge is -2.16. The zero-order valence-corrected chi connectivity index (χ0v) is 16.1. The lowest BCUT2D eigenvalue weighted by atomic mass is 10.2. The van der Waals surface area contributed by atoms with Crippen LogP contribution in [0.4, 0.5) is 0 Å². The molecule has 0 aliphatic heterocycles. The van der Waals surface area contributed by atoms with E-state index in [-0.39, 0.29) is 31.1 Å². The Bertz CT molecular complexity index is 805. The first-order valence-electron chi connectivity index (χ1n) is 8.21. The van der Waals surface area contributed by atoms with E-state index in [1.807, 2.05) is 30.3 Å². The van der Waals surface area contributed by atoms with Crippen LogP contribution in [0.2, 0.25) is 0 Å². The summed E-state index contributed by atoms with van der Waals surface area (Å²) in [4.78, 5) is 25.1. The number of amides is 2. The highest BCUT2D eigenvalue weighted by atomic mass is 32.1. The van der Waals surface area contributed by atoms with Crippen molar-refractivity contribution in [3.05, 3.63) is 47.2 Å². The summed E-state index contributed by atoms with van der Waals surface area (Å²) in [5.41, 5.74) is 6.66. The summed E-state index contributed by atoms with van der Waals surface area (Å²) in [6.07, 6.45) is 1.52. The molecule has 0 bridgehead atoms. The number of nitrogens with two attached hydrogens (primary N) is 2. The molecule has 0 atom stereocenters. The lowest BCUT2D eigenvalue weighted by molar-refractivity contribution is -0.128. The summed E-state index contributed by atoms with van der Waals surface area (Å²) >= 11 is 1.39. The molecule has 2 amide bonds. The zero-order chi connectivity index (χ0) is 19.8. The van der Waals surface area contributed by atoms with Crippen LogP contribution in [0, 0.1) is 0 Å². The maximum Gasteiger partial charge on any atom is 0.269 e. The molecule has 10 heteroatoms. The van der Waals surface area contributed by atoms with E-state index in [1.165, 1.54) is 27.4 Å². The van der Waals surface area contributed by atoms with Gasteiger partial charge in [0.15, 0.2) is 0 Å². The fourth-order valence-electron chi connectivity index (χ4n) is 2.03. The Balaban J connectivity index is 1.84. The molecule has 0 spiro atoms. The van der Waals surface area contributed by atoms with E-state index >= 15 is 0 Å². The van der Waals surface area contributed by atoms with E-state index in [2.05, 4.69) is 15.5 Å². The first kappa shape index (κ1) is 20.3. The maximum atomic E-state index is 12.1. The minimum Gasteiger partial charge on any atom is -0.393 e. The summed E-state index contributed by atoms with van der Waals surface area (Å²) < 4.78 is 0. The average molecular weight is 389 g/mol. The first-order valence-corrected chi connectivity index (χ1v) is 9.03. The molecule has 5 N–H and O–H groups in total. The van der Waals surface area contributed by atoms with Crippen molar-refractivity contribution in [2.45, 2.75) is 13.0 Å². The van der Waals surface area contributed by atoms with Gasteiger partial charge in [-0.1, -0.05) is 41.7 Å². The van der Waals surface area contributed by atoms with Crippen LogP contribution in [0.1, 0.15) is 11.4 Å². The van der Waals surface area contributed by atoms with Crippen LogP contribution in [-0.2, 0) is 16.1 Å². The second-order valence-electron chi connectivity index (χ2n) is 5.91. The molecule has 27 heavy (non-hydrogen) atoms. The van der Waals surface area contributed by atoms with Crippen molar-refractivity contribution >= 4 is 23.2 Å². The van der Waals surface area contributed by atoms with Crippen LogP contribution in [0.25, 0.3) is 10.6 Å². The molecule has 1 heterocycles. The van der Waals surface area contributed by atoms with Crippen molar-refractivity contribution < 1.29 is 9.59 Å². The van der Waals surface area contributed by atoms with Crippen LogP contribution in [0.5, 0.6) is 0 Å². The summed E-state index contributed by atoms with van der Waals surface area (Å²) in [5, 5.41) is 13.5. The van der Waals surface area contributed by atoms with E-state index in [4.69, 9.17) is 11.6 Å². The number of carbonyl (C=O) groups excluding carboxylic acids is 2. The van der Waals surface area contributed by atoms with Gasteiger partial charge in [-0.2, -0.15) is 0 Å². The maximum absolute atomic E-state index is 12.1. The number of hydrazine groups is 1. The highest BCUT2D eigenvalue weighted by Crippen LogP contribution is 2.22. The molecule has 2 aromatic rings. The van der Waals surface area contributed by atoms with Crippen molar-refractivity contribution in [1.82, 2.24) is 25.4 Å². The summed E-state index contributed by atoms with van der Waals surface area (Å²) in [6, 6.07) is 9.67. The molecule has 0 fully saturated rings. The van der Waals surface area contributed by atoms with E-state index in [0.717, 1.165) is 10.6 Å². The van der Waals surface area contributed by atoms with Gasteiger partial charge in [-0.3, -0.25) is 9.59 Å². The number of hydrogen-bond donors (Lipinski definition) is 3. The minimum atomic E-state index is -0.471. The van der Waals surface area contributed by atoms with Crippen molar-refractivity contribution in [2.75, 3.05) is 20.6 Å². The van der Waals surface area contributed by atoms with Crippen LogP contribution >= 0.6 is 11.3 Å². The van der Waals surface area contributed by atoms with Gasteiger partial charge >= 0.3 is 0 Å². The van der Waals surface area contributed by atoms with E-state index < -0.39 is 5.91 Å². The van der Waals surface area contributed by atoms with Gasteiger partial charge < -0.3 is 21.0 Å². The third kappa shape index (κ3) is 6.35. The normalized spacial score (nSPS) is 11.1. The van der Waals surface area contributed by atoms with Crippen LogP contribution < -0.4 is 16.9 Å². The molecule has 1 aromatic carbocycles. The van der Waals surface area contributed by atoms with Gasteiger partial charge in [0.1, 0.15) is 15.7 Å². The topological polar surface area (TPSA) is 130 Å². The second kappa shape index (κ2) is 9.64. The van der Waals surface area contributed by atoms with Crippen molar-refractivity contribution in [1.29, 1.82) is 0 Å². The zero-order valence-electron chi connectivity index (χ0n) is 15.3. The lowest BCUT2D eigenvalue weighted by Crippen LogP contribution is -2.35. The quantitative estimate of drug-likeness (QED) is 0.336. The molecule has 0 unspecified atom stereocenters. The number of rotatable bonds is 8. The third-order valence-electron chi connectivity index (χ3n) is 3.54. The van der Waals surface area contributed by atoms with Gasteiger partial charge in [0.2, 0.25) is 5.91 Å². The molecule has 2 rings (SSSR count). The molecule has 9 nitrogen and oxygen atoms in total. The predicted molar refractivity (Wildman–Crippen MR) is 104 cm³/mol. The first-order chi connectivity index (χ1) is 12.9. The predicted octanol–water partition coefficient (Wildman–Crippen LogP) is 0.275. The van der Waals surface area contributed by atoms with E-state index in [9.17, 15) is 9.59 Å². The van der Waals surface area contributed by atoms with Gasteiger partial charge in [-0.05, 0) is 0 Å². The van der Waals surface area contributed by atoms with Gasteiger partial charge in [-0.15, -0.1) is 10.2 Å². The fraction of sp³-hybridized carbons (Fsp3) is 0.294. The number of hydrogen-bond acceptors (Lipinski definition) is 8. The number of carbonyl (C=O) groups is 2. The summed E-state index contributed by atoms with van der Waals surface area (Å²) in [6.45, 7) is 0.462. The standard InChI is InChI=1S/C17H23N7O2S/c1-23(2)15(25)8-9-24(19)11-13(18)16(26)20-10-14-21-22-17(27-14)12-6-4-3-5-7-12/h3-7,11H,8-10,18-19H2,1-2H3,(H,20,26)/b13-11-. The van der Waals surface area contributed by atoms with Gasteiger partial charge in [0, 0.05) is 38.8 Å². The van der Waals surface area contributed by atoms with Crippen LogP contribution in [0.3, 0.4) is 0 Å². The molecular weight excluding hydrogens is 366 g/mol. The minimum absolute atomic E-state index is 0.0531. The molecule has 0 radical (unpaired) electrons. The average Bonchev–Trinajstić information content (AvgIpc) is 3.13. The van der Waals surface area contributed by atoms with E-state index in [0.29, 0.717) is 5.01 Å². The Hall–Kier alpha value is -2.98. The Morgan fingerprint density at radius 2 is 1.93 bits per heavy atom. The van der Waals surface area contributed by atoms with Gasteiger partial charge in [0.05, 0.1) is 6.54 Å². The number of benzene rings is 1. The molecule has 0 saturated heterocycles. The second-order valence-corrected chi connectivity index (χ2v) is 6.97. The van der Waals surface area contributed by atoms with Gasteiger partial charge in [0.25, 0.3) is 5.91 Å². The van der Waals surface area contributed by atoms with Crippen molar-refractivity contribution in [3.63, 3.8) is 0 Å². The molecule has 1 aromatic heterocycles.